The predicted octanol–water partition coefficient (Wildman–Crippen LogP) is 2.45. The molecule has 0 aromatic heterocycles. The van der Waals surface area contributed by atoms with Gasteiger partial charge in [0.05, 0.1) is 6.17 Å². The molecule has 2 aliphatic rings. The smallest absolute Gasteiger partial charge is 0.245 e. The number of carbonyl (C=O) groups excluding carboxylic acids is 1. The van der Waals surface area contributed by atoms with Crippen LogP contribution in [0, 0.1) is 0 Å². The van der Waals surface area contributed by atoms with Crippen LogP contribution in [0.4, 0.5) is 0 Å². The summed E-state index contributed by atoms with van der Waals surface area (Å²) in [5.74, 6) is 0.251. The highest BCUT2D eigenvalue weighted by Gasteiger charge is 2.41. The molecule has 2 fully saturated rings. The largest absolute Gasteiger partial charge is 0.323 e. The number of amides is 1. The summed E-state index contributed by atoms with van der Waals surface area (Å²) in [5.41, 5.74) is 1.08. The first kappa shape index (κ1) is 11.7. The van der Waals surface area contributed by atoms with Gasteiger partial charge in [-0.25, -0.2) is 0 Å². The molecule has 3 nitrogen and oxygen atoms in total. The first-order chi connectivity index (χ1) is 8.77. The molecule has 3 heteroatoms. The third-order valence-electron chi connectivity index (χ3n) is 4.18. The molecule has 2 atom stereocenters. The maximum Gasteiger partial charge on any atom is 0.245 e. The van der Waals surface area contributed by atoms with E-state index in [1.54, 1.807) is 0 Å². The number of benzene rings is 1. The minimum absolute atomic E-state index is 0.151. The van der Waals surface area contributed by atoms with Gasteiger partial charge in [-0.3, -0.25) is 10.1 Å². The SMILES string of the molecule is CC1NC(c2ccccc2)C(=O)N1C1CCCC1. The molecule has 1 amide bonds. The Balaban J connectivity index is 1.82. The van der Waals surface area contributed by atoms with Crippen LogP contribution in [0.5, 0.6) is 0 Å². The van der Waals surface area contributed by atoms with Gasteiger partial charge in [0.1, 0.15) is 6.04 Å². The average Bonchev–Trinajstić information content (AvgIpc) is 2.99. The third kappa shape index (κ3) is 1.93. The topological polar surface area (TPSA) is 32.3 Å². The first-order valence-electron chi connectivity index (χ1n) is 6.90. The Labute approximate surface area is 108 Å². The summed E-state index contributed by atoms with van der Waals surface area (Å²) in [5, 5.41) is 3.42. The van der Waals surface area contributed by atoms with E-state index in [1.807, 2.05) is 30.3 Å². The van der Waals surface area contributed by atoms with Gasteiger partial charge < -0.3 is 4.90 Å². The molecule has 1 aromatic rings. The van der Waals surface area contributed by atoms with Crippen molar-refractivity contribution in [2.75, 3.05) is 0 Å². The summed E-state index contributed by atoms with van der Waals surface area (Å²) in [6.07, 6.45) is 5.01. The lowest BCUT2D eigenvalue weighted by molar-refractivity contribution is -0.132. The standard InChI is InChI=1S/C15H20N2O/c1-11-16-14(12-7-3-2-4-8-12)15(18)17(11)13-9-5-6-10-13/h2-4,7-8,11,13-14,16H,5-6,9-10H2,1H3. The van der Waals surface area contributed by atoms with Gasteiger partial charge in [0, 0.05) is 6.04 Å². The zero-order chi connectivity index (χ0) is 12.5. The molecule has 1 saturated heterocycles. The monoisotopic (exact) mass is 244 g/mol. The maximum absolute atomic E-state index is 12.6. The molecule has 0 bridgehead atoms. The van der Waals surface area contributed by atoms with E-state index in [0.717, 1.165) is 5.56 Å². The minimum Gasteiger partial charge on any atom is -0.323 e. The van der Waals surface area contributed by atoms with Gasteiger partial charge in [-0.2, -0.15) is 0 Å². The van der Waals surface area contributed by atoms with Crippen LogP contribution >= 0.6 is 0 Å². The molecule has 1 saturated carbocycles. The number of carbonyl (C=O) groups is 1. The molecule has 1 heterocycles. The van der Waals surface area contributed by atoms with Crippen LogP contribution in [0.1, 0.15) is 44.2 Å². The Morgan fingerprint density at radius 2 is 1.83 bits per heavy atom. The van der Waals surface area contributed by atoms with E-state index in [9.17, 15) is 4.79 Å². The highest BCUT2D eigenvalue weighted by Crippen LogP contribution is 2.31. The van der Waals surface area contributed by atoms with Crippen LogP contribution in [-0.2, 0) is 4.79 Å². The molecule has 3 rings (SSSR count). The number of hydrogen-bond acceptors (Lipinski definition) is 2. The van der Waals surface area contributed by atoms with Crippen LogP contribution in [0.2, 0.25) is 0 Å². The van der Waals surface area contributed by atoms with E-state index in [0.29, 0.717) is 6.04 Å². The Hall–Kier alpha value is -1.35. The van der Waals surface area contributed by atoms with Crippen molar-refractivity contribution in [3.05, 3.63) is 35.9 Å². The van der Waals surface area contributed by atoms with E-state index in [4.69, 9.17) is 0 Å². The molecule has 0 spiro atoms. The van der Waals surface area contributed by atoms with Crippen molar-refractivity contribution in [1.29, 1.82) is 0 Å². The molecule has 1 aliphatic carbocycles. The van der Waals surface area contributed by atoms with Gasteiger partial charge in [-0.1, -0.05) is 43.2 Å². The van der Waals surface area contributed by atoms with E-state index < -0.39 is 0 Å². The molecule has 2 unspecified atom stereocenters. The zero-order valence-electron chi connectivity index (χ0n) is 10.8. The molecule has 1 aliphatic heterocycles. The summed E-state index contributed by atoms with van der Waals surface area (Å²) in [4.78, 5) is 14.6. The van der Waals surface area contributed by atoms with Crippen molar-refractivity contribution < 1.29 is 4.79 Å². The molecular formula is C15H20N2O. The molecule has 0 radical (unpaired) electrons. The van der Waals surface area contributed by atoms with Gasteiger partial charge in [0.25, 0.3) is 0 Å². The Kier molecular flexibility index (Phi) is 3.08. The van der Waals surface area contributed by atoms with E-state index in [1.165, 1.54) is 25.7 Å². The summed E-state index contributed by atoms with van der Waals surface area (Å²) < 4.78 is 0. The van der Waals surface area contributed by atoms with Crippen molar-refractivity contribution in [2.24, 2.45) is 0 Å². The van der Waals surface area contributed by atoms with Crippen LogP contribution in [-0.4, -0.2) is 23.0 Å². The molecule has 1 aromatic carbocycles. The third-order valence-corrected chi connectivity index (χ3v) is 4.18. The van der Waals surface area contributed by atoms with Crippen molar-refractivity contribution in [3.8, 4) is 0 Å². The molecule has 96 valence electrons. The number of rotatable bonds is 2. The fourth-order valence-electron chi connectivity index (χ4n) is 3.30. The Bertz CT molecular complexity index is 425. The highest BCUT2D eigenvalue weighted by molar-refractivity contribution is 5.86. The predicted molar refractivity (Wildman–Crippen MR) is 70.9 cm³/mol. The normalized spacial score (nSPS) is 29.2. The van der Waals surface area contributed by atoms with E-state index in [2.05, 4.69) is 17.1 Å². The van der Waals surface area contributed by atoms with Crippen LogP contribution in [0.3, 0.4) is 0 Å². The lowest BCUT2D eigenvalue weighted by Gasteiger charge is -2.27. The zero-order valence-corrected chi connectivity index (χ0v) is 10.8. The number of hydrogen-bond donors (Lipinski definition) is 1. The summed E-state index contributed by atoms with van der Waals surface area (Å²) in [6, 6.07) is 10.3. The Morgan fingerprint density at radius 1 is 1.17 bits per heavy atom. The van der Waals surface area contributed by atoms with Gasteiger partial charge in [0.2, 0.25) is 5.91 Å². The maximum atomic E-state index is 12.6. The highest BCUT2D eigenvalue weighted by atomic mass is 16.2. The van der Waals surface area contributed by atoms with Crippen molar-refractivity contribution in [1.82, 2.24) is 10.2 Å². The van der Waals surface area contributed by atoms with E-state index in [-0.39, 0.29) is 18.1 Å². The van der Waals surface area contributed by atoms with Crippen molar-refractivity contribution >= 4 is 5.91 Å². The lowest BCUT2D eigenvalue weighted by Crippen LogP contribution is -2.41. The second-order valence-electron chi connectivity index (χ2n) is 5.37. The number of nitrogens with zero attached hydrogens (tertiary/aromatic N) is 1. The lowest BCUT2D eigenvalue weighted by atomic mass is 10.1. The summed E-state index contributed by atoms with van der Waals surface area (Å²) in [6.45, 7) is 2.10. The molecular weight excluding hydrogens is 224 g/mol. The van der Waals surface area contributed by atoms with Crippen LogP contribution in [0.15, 0.2) is 30.3 Å². The molecule has 1 N–H and O–H groups in total. The number of nitrogens with one attached hydrogen (secondary N) is 1. The average molecular weight is 244 g/mol. The fourth-order valence-corrected chi connectivity index (χ4v) is 3.30. The summed E-state index contributed by atoms with van der Waals surface area (Å²) in [7, 11) is 0. The minimum atomic E-state index is -0.151. The van der Waals surface area contributed by atoms with Gasteiger partial charge >= 0.3 is 0 Å². The van der Waals surface area contributed by atoms with E-state index >= 15 is 0 Å². The summed E-state index contributed by atoms with van der Waals surface area (Å²) >= 11 is 0. The van der Waals surface area contributed by atoms with Gasteiger partial charge in [0.15, 0.2) is 0 Å². The first-order valence-corrected chi connectivity index (χ1v) is 6.90. The van der Waals surface area contributed by atoms with Crippen molar-refractivity contribution in [3.63, 3.8) is 0 Å². The van der Waals surface area contributed by atoms with Crippen LogP contribution in [0.25, 0.3) is 0 Å². The molecule has 18 heavy (non-hydrogen) atoms. The van der Waals surface area contributed by atoms with Gasteiger partial charge in [-0.05, 0) is 25.3 Å². The second-order valence-corrected chi connectivity index (χ2v) is 5.37. The Morgan fingerprint density at radius 3 is 2.50 bits per heavy atom. The quantitative estimate of drug-likeness (QED) is 0.866. The second kappa shape index (κ2) is 4.73. The van der Waals surface area contributed by atoms with Crippen molar-refractivity contribution in [2.45, 2.75) is 50.9 Å². The fraction of sp³-hybridized carbons (Fsp3) is 0.533. The van der Waals surface area contributed by atoms with Crippen LogP contribution < -0.4 is 5.32 Å². The van der Waals surface area contributed by atoms with Gasteiger partial charge in [-0.15, -0.1) is 0 Å².